The Morgan fingerprint density at radius 3 is 2.86 bits per heavy atom. The van der Waals surface area contributed by atoms with Gasteiger partial charge in [-0.1, -0.05) is 0 Å². The number of likely N-dealkylation sites (tertiary alicyclic amines) is 1. The first-order valence-electron chi connectivity index (χ1n) is 8.81. The van der Waals surface area contributed by atoms with Gasteiger partial charge in [-0.05, 0) is 18.6 Å². The van der Waals surface area contributed by atoms with Gasteiger partial charge in [-0.2, -0.15) is 0 Å². The van der Waals surface area contributed by atoms with Crippen molar-refractivity contribution in [1.82, 2.24) is 9.88 Å². The SMILES string of the molecule is COC1CC(CC(=O)O)N(C(=O)CCc2ncc(-c3ccc(F)cc3F)o2)C1. The van der Waals surface area contributed by atoms with Crippen LogP contribution in [0.2, 0.25) is 0 Å². The van der Waals surface area contributed by atoms with E-state index >= 15 is 0 Å². The Balaban J connectivity index is 1.63. The molecule has 1 aromatic heterocycles. The topological polar surface area (TPSA) is 92.9 Å². The van der Waals surface area contributed by atoms with Crippen LogP contribution in [0.4, 0.5) is 8.78 Å². The van der Waals surface area contributed by atoms with Crippen molar-refractivity contribution in [2.24, 2.45) is 0 Å². The molecule has 2 aromatic rings. The molecule has 28 heavy (non-hydrogen) atoms. The van der Waals surface area contributed by atoms with Crippen molar-refractivity contribution < 1.29 is 32.6 Å². The Kier molecular flexibility index (Phi) is 6.03. The molecule has 0 saturated carbocycles. The molecule has 0 radical (unpaired) electrons. The average molecular weight is 394 g/mol. The number of nitrogens with zero attached hydrogens (tertiary/aromatic N) is 2. The number of benzene rings is 1. The van der Waals surface area contributed by atoms with E-state index in [1.807, 2.05) is 0 Å². The lowest BCUT2D eigenvalue weighted by Crippen LogP contribution is -2.37. The van der Waals surface area contributed by atoms with Crippen molar-refractivity contribution in [2.75, 3.05) is 13.7 Å². The summed E-state index contributed by atoms with van der Waals surface area (Å²) in [6.07, 6.45) is 1.71. The van der Waals surface area contributed by atoms with Crippen LogP contribution in [0.5, 0.6) is 0 Å². The third-order valence-corrected chi connectivity index (χ3v) is 4.74. The predicted molar refractivity (Wildman–Crippen MR) is 93.3 cm³/mol. The first kappa shape index (κ1) is 19.9. The molecule has 1 N–H and O–H groups in total. The summed E-state index contributed by atoms with van der Waals surface area (Å²) >= 11 is 0. The van der Waals surface area contributed by atoms with Gasteiger partial charge in [-0.3, -0.25) is 9.59 Å². The van der Waals surface area contributed by atoms with Crippen LogP contribution in [-0.4, -0.2) is 52.7 Å². The molecule has 2 atom stereocenters. The van der Waals surface area contributed by atoms with Crippen molar-refractivity contribution in [3.8, 4) is 11.3 Å². The molecular weight excluding hydrogens is 374 g/mol. The molecule has 2 heterocycles. The molecule has 3 rings (SSSR count). The van der Waals surface area contributed by atoms with E-state index in [0.717, 1.165) is 12.1 Å². The minimum Gasteiger partial charge on any atom is -0.481 e. The van der Waals surface area contributed by atoms with Gasteiger partial charge in [0, 0.05) is 38.6 Å². The van der Waals surface area contributed by atoms with Gasteiger partial charge in [-0.25, -0.2) is 13.8 Å². The van der Waals surface area contributed by atoms with E-state index in [1.165, 1.54) is 24.3 Å². The highest BCUT2D eigenvalue weighted by atomic mass is 19.1. The molecule has 1 aromatic carbocycles. The maximum Gasteiger partial charge on any atom is 0.305 e. The summed E-state index contributed by atoms with van der Waals surface area (Å²) in [7, 11) is 1.53. The van der Waals surface area contributed by atoms with E-state index in [0.29, 0.717) is 13.0 Å². The van der Waals surface area contributed by atoms with E-state index in [1.54, 1.807) is 0 Å². The molecule has 1 saturated heterocycles. The lowest BCUT2D eigenvalue weighted by atomic mass is 10.1. The summed E-state index contributed by atoms with van der Waals surface area (Å²) in [5.74, 6) is -2.27. The first-order chi connectivity index (χ1) is 13.4. The van der Waals surface area contributed by atoms with Crippen LogP contribution in [0.15, 0.2) is 28.8 Å². The van der Waals surface area contributed by atoms with Crippen LogP contribution in [0.3, 0.4) is 0 Å². The molecule has 1 amide bonds. The summed E-state index contributed by atoms with van der Waals surface area (Å²) < 4.78 is 37.6. The zero-order valence-corrected chi connectivity index (χ0v) is 15.2. The molecule has 1 aliphatic heterocycles. The number of rotatable bonds is 7. The lowest BCUT2D eigenvalue weighted by molar-refractivity contribution is -0.139. The van der Waals surface area contributed by atoms with Gasteiger partial charge < -0.3 is 19.2 Å². The zero-order chi connectivity index (χ0) is 20.3. The predicted octanol–water partition coefficient (Wildman–Crippen LogP) is 2.64. The number of ether oxygens (including phenoxy) is 1. The van der Waals surface area contributed by atoms with Gasteiger partial charge in [0.1, 0.15) is 11.6 Å². The standard InChI is InChI=1S/C19H20F2N2O5/c1-27-13-7-12(8-19(25)26)23(10-13)18(24)5-4-17-22-9-16(28-17)14-3-2-11(20)6-15(14)21/h2-3,6,9,12-13H,4-5,7-8,10H2,1H3,(H,25,26). The van der Waals surface area contributed by atoms with Gasteiger partial charge in [0.15, 0.2) is 11.7 Å². The Morgan fingerprint density at radius 1 is 1.39 bits per heavy atom. The third-order valence-electron chi connectivity index (χ3n) is 4.74. The summed E-state index contributed by atoms with van der Waals surface area (Å²) in [4.78, 5) is 29.1. The van der Waals surface area contributed by atoms with Crippen LogP contribution in [-0.2, 0) is 20.7 Å². The molecule has 1 fully saturated rings. The van der Waals surface area contributed by atoms with Crippen LogP contribution in [0.25, 0.3) is 11.3 Å². The summed E-state index contributed by atoms with van der Waals surface area (Å²) in [6.45, 7) is 0.338. The number of carbonyl (C=O) groups excluding carboxylic acids is 1. The number of aromatic nitrogens is 1. The van der Waals surface area contributed by atoms with Gasteiger partial charge in [0.05, 0.1) is 24.3 Å². The number of methoxy groups -OCH3 is 1. The maximum absolute atomic E-state index is 13.8. The van der Waals surface area contributed by atoms with Gasteiger partial charge in [0.25, 0.3) is 0 Å². The highest BCUT2D eigenvalue weighted by Gasteiger charge is 2.36. The van der Waals surface area contributed by atoms with Crippen molar-refractivity contribution in [3.63, 3.8) is 0 Å². The number of aliphatic carboxylic acids is 1. The number of aryl methyl sites for hydroxylation is 1. The smallest absolute Gasteiger partial charge is 0.305 e. The second kappa shape index (κ2) is 8.47. The molecule has 7 nitrogen and oxygen atoms in total. The molecular formula is C19H20F2N2O5. The van der Waals surface area contributed by atoms with Crippen LogP contribution in [0.1, 0.15) is 25.2 Å². The van der Waals surface area contributed by atoms with E-state index < -0.39 is 23.6 Å². The highest BCUT2D eigenvalue weighted by molar-refractivity contribution is 5.78. The van der Waals surface area contributed by atoms with Crippen molar-refractivity contribution >= 4 is 11.9 Å². The van der Waals surface area contributed by atoms with Crippen molar-refractivity contribution in [2.45, 2.75) is 37.8 Å². The minimum absolute atomic E-state index is 0.0679. The number of hydrogen-bond acceptors (Lipinski definition) is 5. The summed E-state index contributed by atoms with van der Waals surface area (Å²) in [5.41, 5.74) is 0.0791. The fourth-order valence-electron chi connectivity index (χ4n) is 3.34. The quantitative estimate of drug-likeness (QED) is 0.776. The van der Waals surface area contributed by atoms with E-state index in [4.69, 9.17) is 14.3 Å². The largest absolute Gasteiger partial charge is 0.481 e. The van der Waals surface area contributed by atoms with Crippen LogP contribution < -0.4 is 0 Å². The Labute approximate surface area is 159 Å². The average Bonchev–Trinajstić information content (AvgIpc) is 3.26. The zero-order valence-electron chi connectivity index (χ0n) is 15.2. The third kappa shape index (κ3) is 4.53. The lowest BCUT2D eigenvalue weighted by Gasteiger charge is -2.23. The van der Waals surface area contributed by atoms with E-state index in [9.17, 15) is 18.4 Å². The molecule has 150 valence electrons. The monoisotopic (exact) mass is 394 g/mol. The Bertz CT molecular complexity index is 870. The molecule has 9 heteroatoms. The number of hydrogen-bond donors (Lipinski definition) is 1. The van der Waals surface area contributed by atoms with Gasteiger partial charge in [0.2, 0.25) is 5.91 Å². The van der Waals surface area contributed by atoms with E-state index in [2.05, 4.69) is 4.98 Å². The Morgan fingerprint density at radius 2 is 2.18 bits per heavy atom. The Hall–Kier alpha value is -2.81. The molecule has 0 bridgehead atoms. The number of carboxylic acid groups (broad SMARTS) is 1. The number of amides is 1. The fraction of sp³-hybridized carbons (Fsp3) is 0.421. The van der Waals surface area contributed by atoms with Crippen LogP contribution in [0, 0.1) is 11.6 Å². The number of halogens is 2. The maximum atomic E-state index is 13.8. The fourth-order valence-corrected chi connectivity index (χ4v) is 3.34. The first-order valence-corrected chi connectivity index (χ1v) is 8.81. The van der Waals surface area contributed by atoms with Crippen molar-refractivity contribution in [3.05, 3.63) is 41.9 Å². The summed E-state index contributed by atoms with van der Waals surface area (Å²) in [6, 6.07) is 2.71. The second-order valence-corrected chi connectivity index (χ2v) is 6.63. The number of oxazole rings is 1. The molecule has 0 aliphatic carbocycles. The van der Waals surface area contributed by atoms with Gasteiger partial charge in [-0.15, -0.1) is 0 Å². The molecule has 1 aliphatic rings. The number of carbonyl (C=O) groups is 2. The van der Waals surface area contributed by atoms with E-state index in [-0.39, 0.29) is 48.5 Å². The second-order valence-electron chi connectivity index (χ2n) is 6.63. The normalized spacial score (nSPS) is 19.2. The number of carboxylic acids is 1. The molecule has 0 spiro atoms. The minimum atomic E-state index is -0.974. The van der Waals surface area contributed by atoms with Crippen LogP contribution >= 0.6 is 0 Å². The molecule has 2 unspecified atom stereocenters. The van der Waals surface area contributed by atoms with Crippen molar-refractivity contribution in [1.29, 1.82) is 0 Å². The van der Waals surface area contributed by atoms with Gasteiger partial charge >= 0.3 is 5.97 Å². The summed E-state index contributed by atoms with van der Waals surface area (Å²) in [5, 5.41) is 9.03. The highest BCUT2D eigenvalue weighted by Crippen LogP contribution is 2.26.